The second kappa shape index (κ2) is 7.08. The molecular weight excluding hydrogens is 414 g/mol. The number of aromatic nitrogens is 2. The highest BCUT2D eigenvalue weighted by atomic mass is 19.3. The molecule has 32 heavy (non-hydrogen) atoms. The fourth-order valence-corrected chi connectivity index (χ4v) is 5.16. The molecule has 1 aromatic heterocycles. The van der Waals surface area contributed by atoms with Crippen LogP contribution in [0.4, 0.5) is 8.78 Å². The van der Waals surface area contributed by atoms with Crippen molar-refractivity contribution in [3.05, 3.63) is 65.3 Å². The van der Waals surface area contributed by atoms with E-state index < -0.39 is 12.0 Å². The van der Waals surface area contributed by atoms with Crippen LogP contribution in [0.5, 0.6) is 0 Å². The Kier molecular flexibility index (Phi) is 4.54. The summed E-state index contributed by atoms with van der Waals surface area (Å²) in [5.41, 5.74) is 3.58. The first kappa shape index (κ1) is 20.5. The molecule has 0 fully saturated rings. The molecule has 0 radical (unpaired) electrons. The first-order valence-electron chi connectivity index (χ1n) is 10.6. The van der Waals surface area contributed by atoms with Crippen LogP contribution in [0.15, 0.2) is 69.9 Å². The number of alkyl halides is 2. The van der Waals surface area contributed by atoms with E-state index in [0.717, 1.165) is 22.4 Å². The number of carbonyl (C=O) groups excluding carboxylic acids is 1. The highest BCUT2D eigenvalue weighted by molar-refractivity contribution is 6.00. The molecule has 0 saturated heterocycles. The predicted octanol–water partition coefficient (Wildman–Crippen LogP) is 4.42. The molecule has 0 saturated carbocycles. The lowest BCUT2D eigenvalue weighted by Crippen LogP contribution is -2.58. The Labute approximate surface area is 184 Å². The van der Waals surface area contributed by atoms with Crippen molar-refractivity contribution < 1.29 is 13.6 Å². The Morgan fingerprint density at radius 3 is 2.81 bits per heavy atom. The van der Waals surface area contributed by atoms with Gasteiger partial charge in [0.25, 0.3) is 5.91 Å². The van der Waals surface area contributed by atoms with Gasteiger partial charge in [0.05, 0.1) is 23.4 Å². The number of nitrogens with one attached hydrogen (secondary N) is 2. The zero-order chi connectivity index (χ0) is 22.7. The number of rotatable bonds is 4. The third-order valence-corrected chi connectivity index (χ3v) is 6.52. The molecule has 1 unspecified atom stereocenters. The monoisotopic (exact) mass is 438 g/mol. The number of amides is 1. The Bertz CT molecular complexity index is 1190. The lowest BCUT2D eigenvalue weighted by Gasteiger charge is -2.48. The van der Waals surface area contributed by atoms with Crippen molar-refractivity contribution in [1.29, 1.82) is 0 Å². The number of benzene rings is 1. The average Bonchev–Trinajstić information content (AvgIpc) is 3.41. The van der Waals surface area contributed by atoms with Crippen LogP contribution in [-0.2, 0) is 10.2 Å². The Balaban J connectivity index is 1.69. The first-order chi connectivity index (χ1) is 15.2. The van der Waals surface area contributed by atoms with Gasteiger partial charge in [0.2, 0.25) is 0 Å². The molecule has 7 nitrogen and oxygen atoms in total. The minimum Gasteiger partial charge on any atom is -0.362 e. The van der Waals surface area contributed by atoms with Crippen LogP contribution in [0.25, 0.3) is 11.1 Å². The Morgan fingerprint density at radius 2 is 2.09 bits per heavy atom. The molecule has 3 aliphatic rings. The first-order valence-corrected chi connectivity index (χ1v) is 10.6. The van der Waals surface area contributed by atoms with Gasteiger partial charge in [-0.2, -0.15) is 24.1 Å². The predicted molar refractivity (Wildman–Crippen MR) is 115 cm³/mol. The molecule has 4 heterocycles. The summed E-state index contributed by atoms with van der Waals surface area (Å²) in [6.45, 7) is 3.33. The number of azo groups is 1. The fourth-order valence-electron chi connectivity index (χ4n) is 5.16. The number of hydrogen-bond donors (Lipinski definition) is 2. The summed E-state index contributed by atoms with van der Waals surface area (Å²) in [6.07, 6.45) is 5.42. The van der Waals surface area contributed by atoms with Crippen LogP contribution in [-0.4, -0.2) is 27.4 Å². The standard InChI is InChI=1S/C23H24F2N6O/c1-4-23(15-7-5-6-13(8-15)14-10-27-31(12-14)21(24)25)16-11-26-30-19(16)28-17-9-22(2,3)29-20(32)18(17)23/h5-8,10-12,19,21,28H,4,9H2,1-3H3,(H,29,32)/t19?,23-/m1/s1. The highest BCUT2D eigenvalue weighted by Crippen LogP contribution is 2.51. The lowest BCUT2D eigenvalue weighted by molar-refractivity contribution is -0.120. The second-order valence-electron chi connectivity index (χ2n) is 9.06. The van der Waals surface area contributed by atoms with Gasteiger partial charge in [-0.3, -0.25) is 4.79 Å². The minimum absolute atomic E-state index is 0.118. The average molecular weight is 438 g/mol. The van der Waals surface area contributed by atoms with Crippen molar-refractivity contribution in [2.24, 2.45) is 10.2 Å². The summed E-state index contributed by atoms with van der Waals surface area (Å²) >= 11 is 0. The maximum Gasteiger partial charge on any atom is 0.333 e. The van der Waals surface area contributed by atoms with E-state index in [9.17, 15) is 13.6 Å². The molecular formula is C23H24F2N6O. The summed E-state index contributed by atoms with van der Waals surface area (Å²) in [7, 11) is 0. The SMILES string of the molecule is CC[C@@]1(c2cccc(-c3cnn(C(F)F)c3)c2)C2=CN=NC2NC2=C1C(=O)NC(C)(C)C2. The van der Waals surface area contributed by atoms with Crippen LogP contribution < -0.4 is 10.6 Å². The number of carbonyl (C=O) groups is 1. The van der Waals surface area contributed by atoms with E-state index in [2.05, 4.69) is 26.0 Å². The van der Waals surface area contributed by atoms with Gasteiger partial charge in [-0.15, -0.1) is 0 Å². The third-order valence-electron chi connectivity index (χ3n) is 6.52. The van der Waals surface area contributed by atoms with Crippen molar-refractivity contribution in [3.8, 4) is 11.1 Å². The van der Waals surface area contributed by atoms with E-state index in [4.69, 9.17) is 0 Å². The molecule has 9 heteroatoms. The summed E-state index contributed by atoms with van der Waals surface area (Å²) < 4.78 is 26.7. The van der Waals surface area contributed by atoms with Crippen molar-refractivity contribution in [2.75, 3.05) is 0 Å². The smallest absolute Gasteiger partial charge is 0.333 e. The van der Waals surface area contributed by atoms with Crippen molar-refractivity contribution in [2.45, 2.75) is 57.3 Å². The number of hydrogen-bond acceptors (Lipinski definition) is 5. The number of fused-ring (bicyclic) bond motifs is 1. The lowest BCUT2D eigenvalue weighted by atomic mass is 9.62. The zero-order valence-electron chi connectivity index (χ0n) is 18.1. The zero-order valence-corrected chi connectivity index (χ0v) is 18.1. The van der Waals surface area contributed by atoms with Crippen molar-refractivity contribution in [3.63, 3.8) is 0 Å². The summed E-state index contributed by atoms with van der Waals surface area (Å²) in [5.74, 6) is -0.118. The Morgan fingerprint density at radius 1 is 1.28 bits per heavy atom. The molecule has 0 spiro atoms. The fraction of sp³-hybridized carbons (Fsp3) is 0.391. The van der Waals surface area contributed by atoms with Crippen LogP contribution in [0.3, 0.4) is 0 Å². The van der Waals surface area contributed by atoms with Gasteiger partial charge < -0.3 is 10.6 Å². The molecule has 3 aliphatic heterocycles. The van der Waals surface area contributed by atoms with Gasteiger partial charge in [0, 0.05) is 35.0 Å². The molecule has 1 amide bonds. The maximum atomic E-state index is 13.4. The van der Waals surface area contributed by atoms with E-state index in [-0.39, 0.29) is 17.6 Å². The molecule has 1 aromatic carbocycles. The van der Waals surface area contributed by atoms with Crippen molar-refractivity contribution in [1.82, 2.24) is 20.4 Å². The van der Waals surface area contributed by atoms with E-state index in [0.29, 0.717) is 28.7 Å². The molecule has 2 N–H and O–H groups in total. The van der Waals surface area contributed by atoms with Crippen LogP contribution in [0, 0.1) is 0 Å². The molecule has 0 bridgehead atoms. The van der Waals surface area contributed by atoms with Gasteiger partial charge in [0.15, 0.2) is 6.17 Å². The van der Waals surface area contributed by atoms with Gasteiger partial charge >= 0.3 is 6.55 Å². The molecule has 0 aliphatic carbocycles. The highest BCUT2D eigenvalue weighted by Gasteiger charge is 2.53. The summed E-state index contributed by atoms with van der Waals surface area (Å²) in [4.78, 5) is 13.4. The molecule has 2 atom stereocenters. The van der Waals surface area contributed by atoms with Crippen LogP contribution in [0.1, 0.15) is 45.7 Å². The molecule has 166 valence electrons. The van der Waals surface area contributed by atoms with Gasteiger partial charge in [-0.25, -0.2) is 4.68 Å². The summed E-state index contributed by atoms with van der Waals surface area (Å²) in [5, 5.41) is 18.8. The van der Waals surface area contributed by atoms with Gasteiger partial charge in [0.1, 0.15) is 0 Å². The van der Waals surface area contributed by atoms with E-state index >= 15 is 0 Å². The summed E-state index contributed by atoms with van der Waals surface area (Å²) in [6, 6.07) is 7.67. The van der Waals surface area contributed by atoms with Crippen LogP contribution in [0.2, 0.25) is 0 Å². The van der Waals surface area contributed by atoms with E-state index in [1.807, 2.05) is 45.0 Å². The maximum absolute atomic E-state index is 13.4. The number of halogens is 2. The Hall–Kier alpha value is -3.36. The van der Waals surface area contributed by atoms with Gasteiger partial charge in [-0.1, -0.05) is 25.1 Å². The number of nitrogens with zero attached hydrogens (tertiary/aromatic N) is 4. The second-order valence-corrected chi connectivity index (χ2v) is 9.06. The minimum atomic E-state index is -2.70. The van der Waals surface area contributed by atoms with E-state index in [1.54, 1.807) is 6.20 Å². The van der Waals surface area contributed by atoms with E-state index in [1.165, 1.54) is 12.4 Å². The van der Waals surface area contributed by atoms with Gasteiger partial charge in [-0.05, 0) is 37.5 Å². The van der Waals surface area contributed by atoms with Crippen molar-refractivity contribution >= 4 is 5.91 Å². The third kappa shape index (κ3) is 2.98. The largest absolute Gasteiger partial charge is 0.362 e. The molecule has 5 rings (SSSR count). The normalized spacial score (nSPS) is 25.9. The quantitative estimate of drug-likeness (QED) is 0.741. The molecule has 2 aromatic rings. The van der Waals surface area contributed by atoms with Crippen LogP contribution >= 0.6 is 0 Å². The topological polar surface area (TPSA) is 83.7 Å².